The van der Waals surface area contributed by atoms with Crippen molar-refractivity contribution in [3.05, 3.63) is 59.0 Å². The van der Waals surface area contributed by atoms with Gasteiger partial charge >= 0.3 is 5.97 Å². The molecule has 7 nitrogen and oxygen atoms in total. The van der Waals surface area contributed by atoms with Gasteiger partial charge in [-0.1, -0.05) is 29.8 Å². The van der Waals surface area contributed by atoms with Gasteiger partial charge in [-0.15, -0.1) is 11.3 Å². The van der Waals surface area contributed by atoms with Gasteiger partial charge in [0.25, 0.3) is 5.91 Å². The highest BCUT2D eigenvalue weighted by molar-refractivity contribution is 7.14. The number of hydrogen-bond donors (Lipinski definition) is 2. The van der Waals surface area contributed by atoms with Crippen LogP contribution in [0, 0.1) is 6.92 Å². The molecule has 0 aliphatic heterocycles. The summed E-state index contributed by atoms with van der Waals surface area (Å²) in [5.41, 5.74) is 2.80. The molecule has 8 heteroatoms. The number of anilines is 1. The molecule has 144 valence electrons. The van der Waals surface area contributed by atoms with E-state index >= 15 is 0 Å². The van der Waals surface area contributed by atoms with E-state index in [0.717, 1.165) is 16.8 Å². The number of carbonyl (C=O) groups excluding carboxylic acids is 2. The SMILES string of the molecule is COc1ccc(C(=O)OCC(=O)Nc2nc(-c3ccc(C)cc3)cs2)c(O)c1. The maximum absolute atomic E-state index is 12.0. The number of amides is 1. The van der Waals surface area contributed by atoms with E-state index in [2.05, 4.69) is 10.3 Å². The van der Waals surface area contributed by atoms with Gasteiger partial charge in [0, 0.05) is 17.0 Å². The van der Waals surface area contributed by atoms with Gasteiger partial charge in [-0.25, -0.2) is 9.78 Å². The Balaban J connectivity index is 1.56. The third kappa shape index (κ3) is 4.66. The summed E-state index contributed by atoms with van der Waals surface area (Å²) in [5, 5.41) is 14.7. The minimum Gasteiger partial charge on any atom is -0.507 e. The van der Waals surface area contributed by atoms with Gasteiger partial charge in [-0.05, 0) is 19.1 Å². The van der Waals surface area contributed by atoms with Crippen LogP contribution in [0.3, 0.4) is 0 Å². The smallest absolute Gasteiger partial charge is 0.342 e. The lowest BCUT2D eigenvalue weighted by Crippen LogP contribution is -2.20. The summed E-state index contributed by atoms with van der Waals surface area (Å²) in [7, 11) is 1.44. The molecule has 0 spiro atoms. The Kier molecular flexibility index (Phi) is 5.90. The summed E-state index contributed by atoms with van der Waals surface area (Å²) in [4.78, 5) is 28.4. The van der Waals surface area contributed by atoms with E-state index < -0.39 is 18.5 Å². The molecule has 2 N–H and O–H groups in total. The first-order valence-electron chi connectivity index (χ1n) is 8.33. The number of hydrogen-bond acceptors (Lipinski definition) is 7. The van der Waals surface area contributed by atoms with Gasteiger partial charge < -0.3 is 14.6 Å². The summed E-state index contributed by atoms with van der Waals surface area (Å²) in [5.74, 6) is -1.21. The number of thiazole rings is 1. The van der Waals surface area contributed by atoms with Gasteiger partial charge in [0.2, 0.25) is 0 Å². The Morgan fingerprint density at radius 3 is 2.61 bits per heavy atom. The minimum atomic E-state index is -0.810. The Bertz CT molecular complexity index is 998. The highest BCUT2D eigenvalue weighted by Crippen LogP contribution is 2.26. The molecule has 1 aromatic heterocycles. The maximum atomic E-state index is 12.0. The minimum absolute atomic E-state index is 0.0514. The third-order valence-corrected chi connectivity index (χ3v) is 4.61. The number of aryl methyl sites for hydroxylation is 1. The molecule has 0 saturated heterocycles. The lowest BCUT2D eigenvalue weighted by molar-refractivity contribution is -0.119. The number of esters is 1. The first-order valence-corrected chi connectivity index (χ1v) is 9.21. The molecular formula is C20H18N2O5S. The first-order chi connectivity index (χ1) is 13.5. The molecule has 0 aliphatic rings. The Labute approximate surface area is 165 Å². The second-order valence-electron chi connectivity index (χ2n) is 5.91. The number of phenols is 1. The average molecular weight is 398 g/mol. The van der Waals surface area contributed by atoms with E-state index in [1.165, 1.54) is 36.6 Å². The summed E-state index contributed by atoms with van der Waals surface area (Å²) in [6, 6.07) is 12.1. The fraction of sp³-hybridized carbons (Fsp3) is 0.150. The van der Waals surface area contributed by atoms with Crippen molar-refractivity contribution in [3.8, 4) is 22.8 Å². The summed E-state index contributed by atoms with van der Waals surface area (Å²) in [6.07, 6.45) is 0. The highest BCUT2D eigenvalue weighted by atomic mass is 32.1. The second-order valence-corrected chi connectivity index (χ2v) is 6.77. The number of nitrogens with one attached hydrogen (secondary N) is 1. The largest absolute Gasteiger partial charge is 0.507 e. The standard InChI is InChI=1S/C20H18N2O5S/c1-12-3-5-13(6-4-12)16-11-28-20(21-16)22-18(24)10-27-19(25)15-8-7-14(26-2)9-17(15)23/h3-9,11,23H,10H2,1-2H3,(H,21,22,24). The number of benzene rings is 2. The van der Waals surface area contributed by atoms with E-state index in [1.54, 1.807) is 0 Å². The molecule has 3 rings (SSSR count). The Morgan fingerprint density at radius 2 is 1.93 bits per heavy atom. The van der Waals surface area contributed by atoms with Gasteiger partial charge in [0.15, 0.2) is 11.7 Å². The topological polar surface area (TPSA) is 97.8 Å². The van der Waals surface area contributed by atoms with Crippen molar-refractivity contribution < 1.29 is 24.2 Å². The zero-order valence-electron chi connectivity index (χ0n) is 15.3. The van der Waals surface area contributed by atoms with Crippen molar-refractivity contribution in [2.24, 2.45) is 0 Å². The number of carbonyl (C=O) groups is 2. The molecular weight excluding hydrogens is 380 g/mol. The third-order valence-electron chi connectivity index (χ3n) is 3.86. The average Bonchev–Trinajstić information content (AvgIpc) is 3.15. The van der Waals surface area contributed by atoms with Crippen LogP contribution in [0.1, 0.15) is 15.9 Å². The normalized spacial score (nSPS) is 10.4. The van der Waals surface area contributed by atoms with Crippen molar-refractivity contribution >= 4 is 28.3 Å². The summed E-state index contributed by atoms with van der Waals surface area (Å²) >= 11 is 1.28. The molecule has 0 unspecified atom stereocenters. The number of ether oxygens (including phenoxy) is 2. The molecule has 0 aliphatic carbocycles. The molecule has 0 atom stereocenters. The molecule has 1 amide bonds. The first kappa shape index (κ1) is 19.4. The van der Waals surface area contributed by atoms with Crippen molar-refractivity contribution in [1.82, 2.24) is 4.98 Å². The number of aromatic hydroxyl groups is 1. The monoisotopic (exact) mass is 398 g/mol. The van der Waals surface area contributed by atoms with Crippen LogP contribution in [0.5, 0.6) is 11.5 Å². The van der Waals surface area contributed by atoms with Crippen molar-refractivity contribution in [2.45, 2.75) is 6.92 Å². The van der Waals surface area contributed by atoms with Crippen molar-refractivity contribution in [3.63, 3.8) is 0 Å². The van der Waals surface area contributed by atoms with Crippen molar-refractivity contribution in [1.29, 1.82) is 0 Å². The van der Waals surface area contributed by atoms with Gasteiger partial charge in [0.05, 0.1) is 12.8 Å². The number of aromatic nitrogens is 1. The van der Waals surface area contributed by atoms with Crippen LogP contribution in [0.2, 0.25) is 0 Å². The van der Waals surface area contributed by atoms with E-state index in [-0.39, 0.29) is 11.3 Å². The van der Waals surface area contributed by atoms with Gasteiger partial charge in [-0.2, -0.15) is 0 Å². The van der Waals surface area contributed by atoms with Crippen LogP contribution in [0.15, 0.2) is 47.8 Å². The molecule has 0 bridgehead atoms. The van der Waals surface area contributed by atoms with Crippen LogP contribution >= 0.6 is 11.3 Å². The molecule has 0 radical (unpaired) electrons. The van der Waals surface area contributed by atoms with Gasteiger partial charge in [0.1, 0.15) is 17.1 Å². The Hall–Kier alpha value is -3.39. The van der Waals surface area contributed by atoms with Gasteiger partial charge in [-0.3, -0.25) is 10.1 Å². The van der Waals surface area contributed by atoms with E-state index in [9.17, 15) is 14.7 Å². The summed E-state index contributed by atoms with van der Waals surface area (Å²) < 4.78 is 9.90. The zero-order valence-corrected chi connectivity index (χ0v) is 16.1. The molecule has 0 saturated carbocycles. The van der Waals surface area contributed by atoms with E-state index in [4.69, 9.17) is 9.47 Å². The zero-order chi connectivity index (χ0) is 20.1. The summed E-state index contributed by atoms with van der Waals surface area (Å²) in [6.45, 7) is 1.51. The van der Waals surface area contributed by atoms with Crippen LogP contribution in [-0.4, -0.2) is 35.7 Å². The lowest BCUT2D eigenvalue weighted by atomic mass is 10.1. The predicted molar refractivity (Wildman–Crippen MR) is 106 cm³/mol. The quantitative estimate of drug-likeness (QED) is 0.616. The van der Waals surface area contributed by atoms with Crippen LogP contribution in [-0.2, 0) is 9.53 Å². The maximum Gasteiger partial charge on any atom is 0.342 e. The number of rotatable bonds is 6. The number of methoxy groups -OCH3 is 1. The van der Waals surface area contributed by atoms with Crippen LogP contribution in [0.4, 0.5) is 5.13 Å². The molecule has 0 fully saturated rings. The van der Waals surface area contributed by atoms with Crippen LogP contribution in [0.25, 0.3) is 11.3 Å². The predicted octanol–water partition coefficient (Wildman–Crippen LogP) is 3.63. The van der Waals surface area contributed by atoms with Crippen molar-refractivity contribution in [2.75, 3.05) is 19.0 Å². The molecule has 3 aromatic rings. The highest BCUT2D eigenvalue weighted by Gasteiger charge is 2.16. The molecule has 2 aromatic carbocycles. The fourth-order valence-corrected chi connectivity index (χ4v) is 3.10. The number of nitrogens with zero attached hydrogens (tertiary/aromatic N) is 1. The second kappa shape index (κ2) is 8.53. The Morgan fingerprint density at radius 1 is 1.18 bits per heavy atom. The number of phenolic OH excluding ortho intramolecular Hbond substituents is 1. The van der Waals surface area contributed by atoms with E-state index in [0.29, 0.717) is 10.9 Å². The fourth-order valence-electron chi connectivity index (χ4n) is 2.36. The molecule has 1 heterocycles. The van der Waals surface area contributed by atoms with Crippen LogP contribution < -0.4 is 10.1 Å². The lowest BCUT2D eigenvalue weighted by Gasteiger charge is -2.07. The molecule has 28 heavy (non-hydrogen) atoms. The van der Waals surface area contributed by atoms with E-state index in [1.807, 2.05) is 36.6 Å².